The van der Waals surface area contributed by atoms with Gasteiger partial charge in [-0.3, -0.25) is 4.79 Å². The number of hydrogen-bond acceptors (Lipinski definition) is 5. The molecule has 0 saturated carbocycles. The molecule has 0 aliphatic rings. The summed E-state index contributed by atoms with van der Waals surface area (Å²) in [6.07, 6.45) is 0. The Morgan fingerprint density at radius 3 is 3.05 bits per heavy atom. The Labute approximate surface area is 118 Å². The average Bonchev–Trinajstić information content (AvgIpc) is 2.98. The van der Waals surface area contributed by atoms with Gasteiger partial charge in [0.15, 0.2) is 5.69 Å². The molecule has 0 bridgehead atoms. The highest BCUT2D eigenvalue weighted by Gasteiger charge is 2.19. The van der Waals surface area contributed by atoms with Crippen LogP contribution in [-0.2, 0) is 0 Å². The second kappa shape index (κ2) is 4.75. The number of aromatic nitrogens is 3. The van der Waals surface area contributed by atoms with Crippen molar-refractivity contribution in [3.8, 4) is 6.07 Å². The van der Waals surface area contributed by atoms with Crippen LogP contribution in [0.15, 0.2) is 29.8 Å². The van der Waals surface area contributed by atoms with Crippen molar-refractivity contribution in [2.24, 2.45) is 0 Å². The molecule has 0 atom stereocenters. The first-order chi connectivity index (χ1) is 9.70. The number of anilines is 1. The van der Waals surface area contributed by atoms with Gasteiger partial charge in [0.25, 0.3) is 5.91 Å². The van der Waals surface area contributed by atoms with Crippen molar-refractivity contribution in [1.29, 1.82) is 5.26 Å². The fraction of sp³-hybridized carbons (Fsp3) is 0.0769. The first-order valence-corrected chi connectivity index (χ1v) is 6.68. The van der Waals surface area contributed by atoms with E-state index in [0.29, 0.717) is 27.6 Å². The van der Waals surface area contributed by atoms with Crippen molar-refractivity contribution >= 4 is 27.9 Å². The number of aryl methyl sites for hydroxylation is 1. The zero-order chi connectivity index (χ0) is 14.1. The van der Waals surface area contributed by atoms with E-state index in [1.807, 2.05) is 6.07 Å². The fourth-order valence-electron chi connectivity index (χ4n) is 1.93. The molecule has 0 saturated heterocycles. The highest BCUT2D eigenvalue weighted by Crippen LogP contribution is 2.18. The van der Waals surface area contributed by atoms with Crippen molar-refractivity contribution in [3.63, 3.8) is 0 Å². The van der Waals surface area contributed by atoms with E-state index in [4.69, 9.17) is 5.26 Å². The van der Waals surface area contributed by atoms with E-state index >= 15 is 0 Å². The molecule has 0 unspecified atom stereocenters. The normalized spacial score (nSPS) is 10.4. The predicted octanol–water partition coefficient (Wildman–Crippen LogP) is 2.22. The van der Waals surface area contributed by atoms with E-state index in [1.165, 1.54) is 15.9 Å². The maximum atomic E-state index is 12.4. The Morgan fingerprint density at radius 1 is 1.45 bits per heavy atom. The van der Waals surface area contributed by atoms with Crippen molar-refractivity contribution in [1.82, 2.24) is 14.6 Å². The molecule has 3 rings (SSSR count). The summed E-state index contributed by atoms with van der Waals surface area (Å²) in [5.74, 6) is -0.330. The lowest BCUT2D eigenvalue weighted by Gasteiger charge is -2.06. The van der Waals surface area contributed by atoms with Crippen molar-refractivity contribution in [2.75, 3.05) is 5.32 Å². The van der Waals surface area contributed by atoms with Gasteiger partial charge < -0.3 is 5.32 Å². The third-order valence-electron chi connectivity index (χ3n) is 2.83. The molecule has 0 fully saturated rings. The number of nitrogens with zero attached hydrogens (tertiary/aromatic N) is 4. The predicted molar refractivity (Wildman–Crippen MR) is 74.7 cm³/mol. The van der Waals surface area contributed by atoms with Crippen LogP contribution in [0.1, 0.15) is 21.7 Å². The monoisotopic (exact) mass is 283 g/mol. The Morgan fingerprint density at radius 2 is 2.25 bits per heavy atom. The second-order valence-corrected chi connectivity index (χ2v) is 4.90. The zero-order valence-corrected chi connectivity index (χ0v) is 11.3. The van der Waals surface area contributed by atoms with E-state index in [0.717, 1.165) is 0 Å². The Balaban J connectivity index is 1.99. The highest BCUT2D eigenvalue weighted by molar-refractivity contribution is 7.14. The van der Waals surface area contributed by atoms with Crippen LogP contribution in [0.2, 0.25) is 0 Å². The number of rotatable bonds is 2. The second-order valence-electron chi connectivity index (χ2n) is 4.09. The summed E-state index contributed by atoms with van der Waals surface area (Å²) >= 11 is 1.36. The standard InChI is InChI=1S/C13H9N5OS/c1-8-11(18-13(16-8)20-7-15-18)12(19)17-10-5-3-2-4-9(10)6-14/h2-5,7H,1H3,(H,17,19). The van der Waals surface area contributed by atoms with Crippen LogP contribution in [0, 0.1) is 18.3 Å². The molecule has 6 nitrogen and oxygen atoms in total. The van der Waals surface area contributed by atoms with Crippen LogP contribution in [0.3, 0.4) is 0 Å². The lowest BCUT2D eigenvalue weighted by Crippen LogP contribution is -2.16. The molecule has 0 radical (unpaired) electrons. The molecule has 3 aromatic rings. The molecule has 98 valence electrons. The molecule has 7 heteroatoms. The third-order valence-corrected chi connectivity index (χ3v) is 3.51. The van der Waals surface area contributed by atoms with Gasteiger partial charge in [-0.05, 0) is 19.1 Å². The SMILES string of the molecule is Cc1nc2scnn2c1C(=O)Nc1ccccc1C#N. The Bertz CT molecular complexity index is 842. The molecular formula is C13H9N5OS. The van der Waals surface area contributed by atoms with Gasteiger partial charge in [-0.15, -0.1) is 0 Å². The van der Waals surface area contributed by atoms with Gasteiger partial charge in [-0.25, -0.2) is 4.98 Å². The van der Waals surface area contributed by atoms with Crippen LogP contribution in [0.5, 0.6) is 0 Å². The first-order valence-electron chi connectivity index (χ1n) is 5.80. The molecule has 2 heterocycles. The molecule has 0 spiro atoms. The molecular weight excluding hydrogens is 274 g/mol. The Hall–Kier alpha value is -2.72. The number of nitrogens with one attached hydrogen (secondary N) is 1. The van der Waals surface area contributed by atoms with Gasteiger partial charge in [0.2, 0.25) is 4.96 Å². The number of fused-ring (bicyclic) bond motifs is 1. The number of benzene rings is 1. The number of carbonyl (C=O) groups is 1. The quantitative estimate of drug-likeness (QED) is 0.781. The summed E-state index contributed by atoms with van der Waals surface area (Å²) in [4.78, 5) is 17.3. The first kappa shape index (κ1) is 12.3. The number of carbonyl (C=O) groups excluding carboxylic acids is 1. The summed E-state index contributed by atoms with van der Waals surface area (Å²) in [5, 5.41) is 15.8. The maximum Gasteiger partial charge on any atom is 0.276 e. The number of nitriles is 1. The molecule has 1 amide bonds. The third kappa shape index (κ3) is 1.92. The van der Waals surface area contributed by atoms with Crippen LogP contribution in [0.4, 0.5) is 5.69 Å². The number of hydrogen-bond donors (Lipinski definition) is 1. The van der Waals surface area contributed by atoms with E-state index in [-0.39, 0.29) is 5.91 Å². The van der Waals surface area contributed by atoms with Crippen molar-refractivity contribution in [2.45, 2.75) is 6.92 Å². The fourth-order valence-corrected chi connectivity index (χ4v) is 2.59. The molecule has 0 aliphatic carbocycles. The lowest BCUT2D eigenvalue weighted by molar-refractivity contribution is 0.102. The van der Waals surface area contributed by atoms with Gasteiger partial charge in [-0.2, -0.15) is 14.9 Å². The van der Waals surface area contributed by atoms with Gasteiger partial charge in [0.1, 0.15) is 11.6 Å². The highest BCUT2D eigenvalue weighted by atomic mass is 32.1. The maximum absolute atomic E-state index is 12.4. The van der Waals surface area contributed by atoms with Gasteiger partial charge in [-0.1, -0.05) is 23.5 Å². The summed E-state index contributed by atoms with van der Waals surface area (Å²) < 4.78 is 1.50. The van der Waals surface area contributed by atoms with E-state index in [1.54, 1.807) is 36.7 Å². The Kier molecular flexibility index (Phi) is 2.93. The van der Waals surface area contributed by atoms with Gasteiger partial charge in [0.05, 0.1) is 16.9 Å². The largest absolute Gasteiger partial charge is 0.319 e. The van der Waals surface area contributed by atoms with Gasteiger partial charge >= 0.3 is 0 Å². The topological polar surface area (TPSA) is 83.1 Å². The number of amides is 1. The van der Waals surface area contributed by atoms with E-state index in [2.05, 4.69) is 15.4 Å². The van der Waals surface area contributed by atoms with Crippen LogP contribution >= 0.6 is 11.3 Å². The van der Waals surface area contributed by atoms with E-state index in [9.17, 15) is 4.79 Å². The minimum Gasteiger partial charge on any atom is -0.319 e. The van der Waals surface area contributed by atoms with Crippen LogP contribution in [-0.4, -0.2) is 20.5 Å². The van der Waals surface area contributed by atoms with E-state index < -0.39 is 0 Å². The molecule has 1 N–H and O–H groups in total. The number of imidazole rings is 1. The zero-order valence-electron chi connectivity index (χ0n) is 10.5. The molecule has 20 heavy (non-hydrogen) atoms. The number of para-hydroxylation sites is 1. The molecule has 2 aromatic heterocycles. The van der Waals surface area contributed by atoms with Crippen molar-refractivity contribution < 1.29 is 4.79 Å². The summed E-state index contributed by atoms with van der Waals surface area (Å²) in [7, 11) is 0. The summed E-state index contributed by atoms with van der Waals surface area (Å²) in [5.41, 5.74) is 3.51. The summed E-state index contributed by atoms with van der Waals surface area (Å²) in [6.45, 7) is 1.76. The lowest BCUT2D eigenvalue weighted by atomic mass is 10.2. The van der Waals surface area contributed by atoms with Crippen LogP contribution in [0.25, 0.3) is 4.96 Å². The van der Waals surface area contributed by atoms with Crippen molar-refractivity contribution in [3.05, 3.63) is 46.7 Å². The average molecular weight is 283 g/mol. The minimum absolute atomic E-state index is 0.330. The van der Waals surface area contributed by atoms with Gasteiger partial charge in [0, 0.05) is 0 Å². The minimum atomic E-state index is -0.330. The van der Waals surface area contributed by atoms with Crippen LogP contribution < -0.4 is 5.32 Å². The smallest absolute Gasteiger partial charge is 0.276 e. The molecule has 0 aliphatic heterocycles. The summed E-state index contributed by atoms with van der Waals surface area (Å²) in [6, 6.07) is 8.89. The molecule has 1 aromatic carbocycles.